The molecule has 6 heteroatoms. The molecule has 1 aliphatic heterocycles. The zero-order valence-electron chi connectivity index (χ0n) is 19.0. The van der Waals surface area contributed by atoms with Gasteiger partial charge in [0.25, 0.3) is 0 Å². The van der Waals surface area contributed by atoms with Crippen LogP contribution in [0.3, 0.4) is 0 Å². The molecule has 166 valence electrons. The Morgan fingerprint density at radius 3 is 2.72 bits per heavy atom. The number of halogens is 1. The number of benzene rings is 1. The predicted octanol–water partition coefficient (Wildman–Crippen LogP) is 6.69. The van der Waals surface area contributed by atoms with Gasteiger partial charge in [0.1, 0.15) is 10.8 Å². The lowest BCUT2D eigenvalue weighted by atomic mass is 9.92. The monoisotopic (exact) mass is 448 g/mol. The van der Waals surface area contributed by atoms with Crippen LogP contribution in [0.2, 0.25) is 0 Å². The number of likely N-dealkylation sites (tertiary alicyclic amines) is 1. The quantitative estimate of drug-likeness (QED) is 0.447. The Kier molecular flexibility index (Phi) is 5.91. The normalized spacial score (nSPS) is 21.4. The maximum atomic E-state index is 15.2. The zero-order valence-corrected chi connectivity index (χ0v) is 19.8. The van der Waals surface area contributed by atoms with Crippen molar-refractivity contribution in [3.05, 3.63) is 51.9 Å². The van der Waals surface area contributed by atoms with Crippen molar-refractivity contribution in [2.45, 2.75) is 52.4 Å². The van der Waals surface area contributed by atoms with E-state index in [1.165, 1.54) is 11.1 Å². The highest BCUT2D eigenvalue weighted by molar-refractivity contribution is 7.16. The van der Waals surface area contributed by atoms with Gasteiger partial charge in [-0.3, -0.25) is 0 Å². The van der Waals surface area contributed by atoms with E-state index in [4.69, 9.17) is 4.98 Å². The number of hydrogen-bond donors (Lipinski definition) is 0. The summed E-state index contributed by atoms with van der Waals surface area (Å²) in [5, 5.41) is 10.3. The largest absolute Gasteiger partial charge is 0.304 e. The van der Waals surface area contributed by atoms with Gasteiger partial charge in [-0.2, -0.15) is 10.2 Å². The summed E-state index contributed by atoms with van der Waals surface area (Å²) in [6.45, 7) is 9.68. The number of nitrogens with zero attached hydrogens (tertiary/aromatic N) is 4. The third kappa shape index (κ3) is 4.14. The molecule has 1 aliphatic carbocycles. The van der Waals surface area contributed by atoms with Crippen LogP contribution < -0.4 is 0 Å². The van der Waals surface area contributed by atoms with Crippen molar-refractivity contribution >= 4 is 33.9 Å². The molecule has 32 heavy (non-hydrogen) atoms. The Labute approximate surface area is 192 Å². The molecule has 0 N–H and O–H groups in total. The van der Waals surface area contributed by atoms with Gasteiger partial charge in [-0.25, -0.2) is 9.37 Å². The number of piperidine rings is 1. The molecule has 4 nitrogen and oxygen atoms in total. The molecule has 5 rings (SSSR count). The summed E-state index contributed by atoms with van der Waals surface area (Å²) in [6, 6.07) is 5.44. The van der Waals surface area contributed by atoms with E-state index in [-0.39, 0.29) is 5.82 Å². The number of fused-ring (bicyclic) bond motifs is 2. The number of rotatable bonds is 3. The van der Waals surface area contributed by atoms with E-state index >= 15 is 4.39 Å². The summed E-state index contributed by atoms with van der Waals surface area (Å²) < 4.78 is 15.2. The van der Waals surface area contributed by atoms with Crippen LogP contribution in [-0.2, 0) is 0 Å². The minimum absolute atomic E-state index is 0.249. The van der Waals surface area contributed by atoms with Crippen molar-refractivity contribution in [1.82, 2.24) is 20.1 Å². The number of thiazole rings is 1. The third-order valence-corrected chi connectivity index (χ3v) is 7.82. The second kappa shape index (κ2) is 8.83. The van der Waals surface area contributed by atoms with E-state index in [1.807, 2.05) is 12.1 Å². The molecule has 0 bridgehead atoms. The molecule has 2 aromatic heterocycles. The maximum Gasteiger partial charge on any atom is 0.133 e. The lowest BCUT2D eigenvalue weighted by Gasteiger charge is -2.30. The molecular formula is C26H29FN4S. The van der Waals surface area contributed by atoms with Crippen LogP contribution in [0.4, 0.5) is 4.39 Å². The Morgan fingerprint density at radius 2 is 1.94 bits per heavy atom. The Morgan fingerprint density at radius 1 is 1.12 bits per heavy atom. The van der Waals surface area contributed by atoms with E-state index in [1.54, 1.807) is 17.4 Å². The topological polar surface area (TPSA) is 41.9 Å². The van der Waals surface area contributed by atoms with Crippen molar-refractivity contribution < 1.29 is 4.39 Å². The van der Waals surface area contributed by atoms with Crippen LogP contribution >= 0.6 is 11.3 Å². The summed E-state index contributed by atoms with van der Waals surface area (Å²) in [5.74, 6) is 0.110. The van der Waals surface area contributed by atoms with Crippen molar-refractivity contribution in [3.8, 4) is 10.6 Å². The number of aromatic nitrogens is 3. The van der Waals surface area contributed by atoms with Gasteiger partial charge in [0.05, 0.1) is 21.8 Å². The molecular weight excluding hydrogens is 419 g/mol. The molecule has 1 saturated heterocycles. The van der Waals surface area contributed by atoms with E-state index in [9.17, 15) is 0 Å². The first kappa shape index (κ1) is 21.4. The molecule has 1 fully saturated rings. The van der Waals surface area contributed by atoms with E-state index in [0.717, 1.165) is 72.2 Å². The zero-order chi connectivity index (χ0) is 22.2. The SMILES string of the molecule is CCN1CCC(c2cc3c(F)cc(-c4nc5c(s4)/C=C(/C)CC/C=C/5C)cc3nn2)CC1. The summed E-state index contributed by atoms with van der Waals surface area (Å²) in [6.07, 6.45) is 8.67. The van der Waals surface area contributed by atoms with Gasteiger partial charge in [0, 0.05) is 16.9 Å². The molecule has 0 radical (unpaired) electrons. The minimum Gasteiger partial charge on any atom is -0.304 e. The van der Waals surface area contributed by atoms with Crippen LogP contribution in [-0.4, -0.2) is 39.7 Å². The predicted molar refractivity (Wildman–Crippen MR) is 131 cm³/mol. The molecule has 3 heterocycles. The molecule has 0 amide bonds. The van der Waals surface area contributed by atoms with Crippen molar-refractivity contribution in [2.75, 3.05) is 19.6 Å². The fourth-order valence-electron chi connectivity index (χ4n) is 4.73. The van der Waals surface area contributed by atoms with E-state index in [0.29, 0.717) is 16.8 Å². The molecule has 0 saturated carbocycles. The molecule has 1 aromatic carbocycles. The standard InChI is InChI=1S/C26H29FN4S/c1-4-31-10-8-18(9-11-31)22-15-20-21(27)13-19(14-23(20)30-29-22)26-28-25-17(3)7-5-6-16(2)12-24(25)32-26/h7,12-15,18H,4-6,8-11H2,1-3H3/b16-12-,17-7+. The lowest BCUT2D eigenvalue weighted by Crippen LogP contribution is -2.32. The summed E-state index contributed by atoms with van der Waals surface area (Å²) >= 11 is 1.62. The first-order chi connectivity index (χ1) is 15.5. The number of allylic oxidation sites excluding steroid dienone is 3. The van der Waals surface area contributed by atoms with Gasteiger partial charge in [0.15, 0.2) is 0 Å². The highest BCUT2D eigenvalue weighted by Crippen LogP contribution is 2.37. The average molecular weight is 449 g/mol. The second-order valence-electron chi connectivity index (χ2n) is 9.02. The fourth-order valence-corrected chi connectivity index (χ4v) is 5.87. The molecule has 0 spiro atoms. The van der Waals surface area contributed by atoms with E-state index in [2.05, 4.69) is 48.0 Å². The van der Waals surface area contributed by atoms with Gasteiger partial charge >= 0.3 is 0 Å². The average Bonchev–Trinajstić information content (AvgIpc) is 3.21. The molecule has 3 aromatic rings. The highest BCUT2D eigenvalue weighted by atomic mass is 32.1. The molecule has 2 aliphatic rings. The first-order valence-corrected chi connectivity index (χ1v) is 12.4. The van der Waals surface area contributed by atoms with Crippen molar-refractivity contribution in [3.63, 3.8) is 0 Å². The fraction of sp³-hybridized carbons (Fsp3) is 0.423. The smallest absolute Gasteiger partial charge is 0.133 e. The second-order valence-corrected chi connectivity index (χ2v) is 10.0. The van der Waals surface area contributed by atoms with Gasteiger partial charge in [-0.15, -0.1) is 11.3 Å². The van der Waals surface area contributed by atoms with Gasteiger partial charge in [0.2, 0.25) is 0 Å². The van der Waals surface area contributed by atoms with Crippen LogP contribution in [0.15, 0.2) is 29.8 Å². The Balaban J connectivity index is 1.49. The lowest BCUT2D eigenvalue weighted by molar-refractivity contribution is 0.220. The third-order valence-electron chi connectivity index (χ3n) is 6.77. The highest BCUT2D eigenvalue weighted by Gasteiger charge is 2.22. The van der Waals surface area contributed by atoms with Gasteiger partial charge < -0.3 is 4.90 Å². The van der Waals surface area contributed by atoms with Crippen LogP contribution in [0.5, 0.6) is 0 Å². The Bertz CT molecular complexity index is 1220. The Hall–Kier alpha value is -2.44. The van der Waals surface area contributed by atoms with Crippen LogP contribution in [0, 0.1) is 5.82 Å². The van der Waals surface area contributed by atoms with Gasteiger partial charge in [-0.05, 0) is 89.0 Å². The first-order valence-electron chi connectivity index (χ1n) is 11.6. The number of hydrogen-bond acceptors (Lipinski definition) is 5. The molecule has 0 atom stereocenters. The van der Waals surface area contributed by atoms with Crippen LogP contribution in [0.1, 0.15) is 68.6 Å². The summed E-state index contributed by atoms with van der Waals surface area (Å²) in [5.41, 5.74) is 5.81. The van der Waals surface area contributed by atoms with Crippen molar-refractivity contribution in [2.24, 2.45) is 0 Å². The van der Waals surface area contributed by atoms with Crippen LogP contribution in [0.25, 0.3) is 33.1 Å². The maximum absolute atomic E-state index is 15.2. The van der Waals surface area contributed by atoms with E-state index < -0.39 is 0 Å². The van der Waals surface area contributed by atoms with Crippen molar-refractivity contribution in [1.29, 1.82) is 0 Å². The summed E-state index contributed by atoms with van der Waals surface area (Å²) in [7, 11) is 0. The van der Waals surface area contributed by atoms with Gasteiger partial charge in [-0.1, -0.05) is 18.6 Å². The molecule has 0 unspecified atom stereocenters. The minimum atomic E-state index is -0.249. The summed E-state index contributed by atoms with van der Waals surface area (Å²) in [4.78, 5) is 8.47.